The van der Waals surface area contributed by atoms with Crippen molar-refractivity contribution < 1.29 is 18.4 Å². The molecule has 3 rings (SSSR count). The number of benzene rings is 1. The van der Waals surface area contributed by atoms with Gasteiger partial charge in [0.15, 0.2) is 24.1 Å². The van der Waals surface area contributed by atoms with Crippen LogP contribution in [-0.4, -0.2) is 12.6 Å². The molecule has 0 spiro atoms. The van der Waals surface area contributed by atoms with E-state index in [1.54, 1.807) is 18.4 Å². The van der Waals surface area contributed by atoms with E-state index in [9.17, 15) is 9.59 Å². The lowest BCUT2D eigenvalue weighted by atomic mass is 10.1. The third-order valence-electron chi connectivity index (χ3n) is 2.55. The maximum absolute atomic E-state index is 10.4. The van der Waals surface area contributed by atoms with Gasteiger partial charge in [0.25, 0.3) is 0 Å². The Morgan fingerprint density at radius 1 is 0.810 bits per heavy atom. The number of hydrogen-bond acceptors (Lipinski definition) is 4. The molecule has 0 saturated carbocycles. The Kier molecular flexibility index (Phi) is 5.29. The number of aldehydes is 2. The topological polar surface area (TPSA) is 60.4 Å². The van der Waals surface area contributed by atoms with E-state index in [0.717, 1.165) is 15.6 Å². The summed E-state index contributed by atoms with van der Waals surface area (Å²) in [5, 5.41) is 0. The second-order valence-electron chi connectivity index (χ2n) is 4.01. The minimum Gasteiger partial charge on any atom is -0.461 e. The number of furan rings is 2. The normalized spacial score (nSPS) is 9.57. The zero-order valence-corrected chi connectivity index (χ0v) is 12.4. The van der Waals surface area contributed by atoms with Gasteiger partial charge in [-0.15, -0.1) is 0 Å². The first-order valence-corrected chi connectivity index (χ1v) is 6.80. The van der Waals surface area contributed by atoms with Crippen LogP contribution in [0, 0.1) is 0 Å². The smallest absolute Gasteiger partial charge is 0.185 e. The molecule has 0 aliphatic heterocycles. The summed E-state index contributed by atoms with van der Waals surface area (Å²) in [5.74, 6) is 0.704. The average Bonchev–Trinajstić information content (AvgIpc) is 3.17. The van der Waals surface area contributed by atoms with Crippen molar-refractivity contribution in [2.24, 2.45) is 0 Å². The zero-order valence-electron chi connectivity index (χ0n) is 10.9. The predicted octanol–water partition coefficient (Wildman–Crippen LogP) is 4.61. The third-order valence-corrected chi connectivity index (χ3v) is 2.96. The van der Waals surface area contributed by atoms with Gasteiger partial charge in [-0.3, -0.25) is 9.59 Å². The second-order valence-corrected chi connectivity index (χ2v) is 4.92. The molecule has 0 atom stereocenters. The Hall–Kier alpha value is -2.40. The highest BCUT2D eigenvalue weighted by molar-refractivity contribution is 9.10. The summed E-state index contributed by atoms with van der Waals surface area (Å²) >= 11 is 3.12. The fourth-order valence-corrected chi connectivity index (χ4v) is 1.91. The summed E-state index contributed by atoms with van der Waals surface area (Å²) in [6.45, 7) is 0. The lowest BCUT2D eigenvalue weighted by molar-refractivity contribution is 0.109. The molecule has 3 aromatic rings. The Morgan fingerprint density at radius 3 is 1.90 bits per heavy atom. The minimum atomic E-state index is 0.344. The molecule has 0 fully saturated rings. The van der Waals surface area contributed by atoms with E-state index < -0.39 is 0 Å². The zero-order chi connectivity index (χ0) is 15.1. The van der Waals surface area contributed by atoms with Gasteiger partial charge in [-0.05, 0) is 27.6 Å². The van der Waals surface area contributed by atoms with Crippen LogP contribution < -0.4 is 0 Å². The Labute approximate surface area is 129 Å². The molecule has 0 bridgehead atoms. The maximum atomic E-state index is 10.4. The summed E-state index contributed by atoms with van der Waals surface area (Å²) in [6.07, 6.45) is 4.40. The van der Waals surface area contributed by atoms with Crippen LogP contribution in [0.15, 0.2) is 68.3 Å². The molecule has 0 amide bonds. The Bertz CT molecular complexity index is 713. The van der Waals surface area contributed by atoms with Crippen LogP contribution in [0.25, 0.3) is 11.1 Å². The van der Waals surface area contributed by atoms with Gasteiger partial charge in [0.05, 0.1) is 10.7 Å². The summed E-state index contributed by atoms with van der Waals surface area (Å²) < 4.78 is 10.5. The molecule has 0 saturated heterocycles. The first-order valence-electron chi connectivity index (χ1n) is 6.01. The van der Waals surface area contributed by atoms with Crippen LogP contribution >= 0.6 is 15.9 Å². The highest BCUT2D eigenvalue weighted by Crippen LogP contribution is 2.20. The van der Waals surface area contributed by atoms with Crippen LogP contribution in [-0.2, 0) is 0 Å². The van der Waals surface area contributed by atoms with Crippen molar-refractivity contribution in [3.8, 4) is 11.1 Å². The summed E-state index contributed by atoms with van der Waals surface area (Å²) in [6, 6.07) is 13.1. The molecule has 0 unspecified atom stereocenters. The quantitative estimate of drug-likeness (QED) is 0.649. The van der Waals surface area contributed by atoms with E-state index in [4.69, 9.17) is 8.83 Å². The minimum absolute atomic E-state index is 0.344. The average molecular weight is 347 g/mol. The van der Waals surface area contributed by atoms with Crippen LogP contribution in [0.2, 0.25) is 0 Å². The van der Waals surface area contributed by atoms with Gasteiger partial charge in [-0.2, -0.15) is 0 Å². The Morgan fingerprint density at radius 2 is 1.43 bits per heavy atom. The number of halogens is 1. The molecule has 0 aliphatic rings. The first-order chi connectivity index (χ1) is 10.2. The number of carbonyl (C=O) groups is 2. The monoisotopic (exact) mass is 346 g/mol. The molecule has 0 radical (unpaired) electrons. The fraction of sp³-hybridized carbons (Fsp3) is 0. The van der Waals surface area contributed by atoms with Gasteiger partial charge in [-0.1, -0.05) is 30.3 Å². The van der Waals surface area contributed by atoms with Crippen molar-refractivity contribution in [2.45, 2.75) is 0 Å². The van der Waals surface area contributed by atoms with Gasteiger partial charge in [0, 0.05) is 11.6 Å². The molecular formula is C16H11BrO4. The van der Waals surface area contributed by atoms with E-state index in [1.165, 1.54) is 6.26 Å². The summed E-state index contributed by atoms with van der Waals surface area (Å²) in [5.41, 5.74) is 1.99. The molecular weight excluding hydrogens is 336 g/mol. The highest BCUT2D eigenvalue weighted by Gasteiger charge is 2.01. The van der Waals surface area contributed by atoms with Crippen molar-refractivity contribution in [1.82, 2.24) is 0 Å². The number of hydrogen-bond donors (Lipinski definition) is 0. The van der Waals surface area contributed by atoms with Gasteiger partial charge >= 0.3 is 0 Å². The van der Waals surface area contributed by atoms with Crippen molar-refractivity contribution >= 4 is 28.5 Å². The van der Waals surface area contributed by atoms with Crippen molar-refractivity contribution in [2.75, 3.05) is 0 Å². The molecule has 5 heteroatoms. The highest BCUT2D eigenvalue weighted by atomic mass is 79.9. The lowest BCUT2D eigenvalue weighted by Crippen LogP contribution is -1.71. The van der Waals surface area contributed by atoms with Crippen molar-refractivity contribution in [1.29, 1.82) is 0 Å². The van der Waals surface area contributed by atoms with Gasteiger partial charge in [0.1, 0.15) is 6.26 Å². The first kappa shape index (κ1) is 15.0. The van der Waals surface area contributed by atoms with E-state index in [0.29, 0.717) is 24.1 Å². The van der Waals surface area contributed by atoms with E-state index in [1.807, 2.05) is 30.3 Å². The van der Waals surface area contributed by atoms with Crippen molar-refractivity contribution in [3.63, 3.8) is 0 Å². The third kappa shape index (κ3) is 4.29. The fourth-order valence-electron chi connectivity index (χ4n) is 1.59. The van der Waals surface area contributed by atoms with Crippen LogP contribution in [0.3, 0.4) is 0 Å². The number of carbonyl (C=O) groups excluding carboxylic acids is 2. The lowest BCUT2D eigenvalue weighted by Gasteiger charge is -1.92. The second kappa shape index (κ2) is 7.40. The van der Waals surface area contributed by atoms with Crippen molar-refractivity contribution in [3.05, 3.63) is 71.0 Å². The SMILES string of the molecule is O=Cc1cc(-c2ccccc2)co1.O=Cc1cc(Br)co1. The molecule has 0 N–H and O–H groups in total. The summed E-state index contributed by atoms with van der Waals surface area (Å²) in [7, 11) is 0. The van der Waals surface area contributed by atoms with E-state index in [2.05, 4.69) is 15.9 Å². The standard InChI is InChI=1S/C11H8O2.C5H3BrO2/c12-7-11-6-10(8-13-11)9-4-2-1-3-5-9;6-4-1-5(2-7)8-3-4/h1-8H;1-3H. The van der Waals surface area contributed by atoms with E-state index >= 15 is 0 Å². The van der Waals surface area contributed by atoms with Crippen LogP contribution in [0.1, 0.15) is 21.1 Å². The summed E-state index contributed by atoms with van der Waals surface area (Å²) in [4.78, 5) is 20.3. The Balaban J connectivity index is 0.000000173. The molecule has 106 valence electrons. The van der Waals surface area contributed by atoms with Crippen LogP contribution in [0.4, 0.5) is 0 Å². The number of rotatable bonds is 3. The van der Waals surface area contributed by atoms with Gasteiger partial charge in [-0.25, -0.2) is 0 Å². The maximum Gasteiger partial charge on any atom is 0.185 e. The molecule has 1 aromatic carbocycles. The molecule has 2 aromatic heterocycles. The molecule has 2 heterocycles. The van der Waals surface area contributed by atoms with E-state index in [-0.39, 0.29) is 0 Å². The molecule has 0 aliphatic carbocycles. The largest absolute Gasteiger partial charge is 0.461 e. The van der Waals surface area contributed by atoms with Crippen LogP contribution in [0.5, 0.6) is 0 Å². The van der Waals surface area contributed by atoms with Gasteiger partial charge < -0.3 is 8.83 Å². The molecule has 4 nitrogen and oxygen atoms in total. The molecule has 21 heavy (non-hydrogen) atoms. The van der Waals surface area contributed by atoms with Gasteiger partial charge in [0.2, 0.25) is 0 Å². The predicted molar refractivity (Wildman–Crippen MR) is 81.3 cm³/mol.